The van der Waals surface area contributed by atoms with Crippen molar-refractivity contribution in [1.29, 1.82) is 0 Å². The van der Waals surface area contributed by atoms with Crippen molar-refractivity contribution < 1.29 is 19.3 Å². The zero-order valence-electron chi connectivity index (χ0n) is 14.3. The van der Waals surface area contributed by atoms with Crippen LogP contribution in [0.15, 0.2) is 18.2 Å². The quantitative estimate of drug-likeness (QED) is 0.764. The smallest absolute Gasteiger partial charge is 0.161 e. The molecule has 1 aromatic rings. The molecule has 0 spiro atoms. The number of aliphatic hydroxyl groups excluding tert-OH is 1. The van der Waals surface area contributed by atoms with Crippen molar-refractivity contribution in [2.45, 2.75) is 12.7 Å². The SMILES string of the molecule is COc1ccc(COC[C@@H](O)CN2CCN(C)CC2)cc1OC. The van der Waals surface area contributed by atoms with E-state index in [0.29, 0.717) is 31.3 Å². The molecule has 0 saturated carbocycles. The number of hydrogen-bond donors (Lipinski definition) is 1. The van der Waals surface area contributed by atoms with Gasteiger partial charge in [-0.15, -0.1) is 0 Å². The van der Waals surface area contributed by atoms with E-state index in [-0.39, 0.29) is 0 Å². The summed E-state index contributed by atoms with van der Waals surface area (Å²) in [6.45, 7) is 5.56. The molecule has 0 radical (unpaired) electrons. The highest BCUT2D eigenvalue weighted by molar-refractivity contribution is 5.42. The van der Waals surface area contributed by atoms with Crippen LogP contribution in [-0.2, 0) is 11.3 Å². The minimum absolute atomic E-state index is 0.334. The molecule has 1 fully saturated rings. The Labute approximate surface area is 138 Å². The lowest BCUT2D eigenvalue weighted by Gasteiger charge is -2.33. The summed E-state index contributed by atoms with van der Waals surface area (Å²) >= 11 is 0. The lowest BCUT2D eigenvalue weighted by atomic mass is 10.2. The number of methoxy groups -OCH3 is 2. The molecule has 0 amide bonds. The number of nitrogens with zero attached hydrogens (tertiary/aromatic N) is 2. The summed E-state index contributed by atoms with van der Waals surface area (Å²) in [6, 6.07) is 5.69. The van der Waals surface area contributed by atoms with Crippen molar-refractivity contribution in [1.82, 2.24) is 9.80 Å². The van der Waals surface area contributed by atoms with Gasteiger partial charge in [0.2, 0.25) is 0 Å². The molecule has 0 aromatic heterocycles. The molecule has 1 saturated heterocycles. The van der Waals surface area contributed by atoms with Gasteiger partial charge < -0.3 is 24.2 Å². The first kappa shape index (κ1) is 18.0. The van der Waals surface area contributed by atoms with E-state index in [1.807, 2.05) is 18.2 Å². The largest absolute Gasteiger partial charge is 0.493 e. The van der Waals surface area contributed by atoms with Crippen molar-refractivity contribution in [3.8, 4) is 11.5 Å². The van der Waals surface area contributed by atoms with Gasteiger partial charge in [-0.25, -0.2) is 0 Å². The molecule has 130 valence electrons. The molecule has 0 bridgehead atoms. The van der Waals surface area contributed by atoms with Crippen LogP contribution in [0.2, 0.25) is 0 Å². The van der Waals surface area contributed by atoms with E-state index in [1.54, 1.807) is 14.2 Å². The van der Waals surface area contributed by atoms with Gasteiger partial charge in [0.05, 0.1) is 33.5 Å². The normalized spacial score (nSPS) is 17.9. The number of piperazine rings is 1. The molecule has 0 aliphatic carbocycles. The van der Waals surface area contributed by atoms with Crippen molar-refractivity contribution in [2.24, 2.45) is 0 Å². The van der Waals surface area contributed by atoms with Crippen LogP contribution < -0.4 is 9.47 Å². The molecule has 2 rings (SSSR count). The Morgan fingerprint density at radius 1 is 1.09 bits per heavy atom. The molecular weight excluding hydrogens is 296 g/mol. The van der Waals surface area contributed by atoms with Crippen LogP contribution >= 0.6 is 0 Å². The van der Waals surface area contributed by atoms with E-state index < -0.39 is 6.10 Å². The molecule has 0 unspecified atom stereocenters. The Balaban J connectivity index is 1.72. The second kappa shape index (κ2) is 9.08. The molecule has 1 aliphatic heterocycles. The van der Waals surface area contributed by atoms with E-state index in [2.05, 4.69) is 16.8 Å². The fourth-order valence-corrected chi connectivity index (χ4v) is 2.66. The Morgan fingerprint density at radius 3 is 2.43 bits per heavy atom. The van der Waals surface area contributed by atoms with Crippen molar-refractivity contribution in [3.05, 3.63) is 23.8 Å². The summed E-state index contributed by atoms with van der Waals surface area (Å²) in [5.74, 6) is 1.39. The van der Waals surface area contributed by atoms with Gasteiger partial charge in [-0.2, -0.15) is 0 Å². The van der Waals surface area contributed by atoms with Crippen LogP contribution in [0, 0.1) is 0 Å². The molecule has 1 atom stereocenters. The first-order valence-corrected chi connectivity index (χ1v) is 8.00. The first-order chi connectivity index (χ1) is 11.1. The van der Waals surface area contributed by atoms with Gasteiger partial charge in [-0.05, 0) is 24.7 Å². The van der Waals surface area contributed by atoms with Crippen LogP contribution in [-0.4, -0.2) is 81.6 Å². The Morgan fingerprint density at radius 2 is 1.78 bits per heavy atom. The number of ether oxygens (including phenoxy) is 3. The lowest BCUT2D eigenvalue weighted by Crippen LogP contribution is -2.47. The monoisotopic (exact) mass is 324 g/mol. The third kappa shape index (κ3) is 5.66. The van der Waals surface area contributed by atoms with Gasteiger partial charge in [0.1, 0.15) is 0 Å². The summed E-state index contributed by atoms with van der Waals surface area (Å²) in [5, 5.41) is 10.1. The van der Waals surface area contributed by atoms with E-state index in [1.165, 1.54) is 0 Å². The first-order valence-electron chi connectivity index (χ1n) is 8.00. The second-order valence-electron chi connectivity index (χ2n) is 5.96. The van der Waals surface area contributed by atoms with Crippen molar-refractivity contribution in [2.75, 3.05) is 60.6 Å². The van der Waals surface area contributed by atoms with Crippen LogP contribution in [0.1, 0.15) is 5.56 Å². The Bertz CT molecular complexity index is 476. The topological polar surface area (TPSA) is 54.4 Å². The van der Waals surface area contributed by atoms with Gasteiger partial charge in [-0.1, -0.05) is 6.07 Å². The Hall–Kier alpha value is -1.34. The molecule has 6 nitrogen and oxygen atoms in total. The zero-order valence-corrected chi connectivity index (χ0v) is 14.3. The van der Waals surface area contributed by atoms with Gasteiger partial charge in [0.25, 0.3) is 0 Å². The van der Waals surface area contributed by atoms with Crippen molar-refractivity contribution in [3.63, 3.8) is 0 Å². The third-order valence-electron chi connectivity index (χ3n) is 4.09. The highest BCUT2D eigenvalue weighted by atomic mass is 16.5. The predicted octanol–water partition coefficient (Wildman–Crippen LogP) is 0.829. The third-order valence-corrected chi connectivity index (χ3v) is 4.09. The van der Waals surface area contributed by atoms with E-state index in [0.717, 1.165) is 31.7 Å². The highest BCUT2D eigenvalue weighted by Crippen LogP contribution is 2.27. The highest BCUT2D eigenvalue weighted by Gasteiger charge is 2.17. The number of hydrogen-bond acceptors (Lipinski definition) is 6. The summed E-state index contributed by atoms with van der Waals surface area (Å²) in [5.41, 5.74) is 0.995. The summed E-state index contributed by atoms with van der Waals surface area (Å²) in [6.07, 6.45) is -0.460. The standard InChI is InChI=1S/C17H28N2O4/c1-18-6-8-19(9-7-18)11-15(20)13-23-12-14-4-5-16(21-2)17(10-14)22-3/h4-5,10,15,20H,6-9,11-13H2,1-3H3/t15-/m0/s1. The average Bonchev–Trinajstić information content (AvgIpc) is 2.56. The number of likely N-dealkylation sites (N-methyl/N-ethyl adjacent to an activating group) is 1. The molecule has 1 aliphatic rings. The summed E-state index contributed by atoms with van der Waals surface area (Å²) in [4.78, 5) is 4.58. The number of aliphatic hydroxyl groups is 1. The fourth-order valence-electron chi connectivity index (χ4n) is 2.66. The van der Waals surface area contributed by atoms with E-state index in [4.69, 9.17) is 14.2 Å². The maximum atomic E-state index is 10.1. The van der Waals surface area contributed by atoms with Crippen molar-refractivity contribution >= 4 is 0 Å². The van der Waals surface area contributed by atoms with Crippen LogP contribution in [0.25, 0.3) is 0 Å². The van der Waals surface area contributed by atoms with Gasteiger partial charge in [0, 0.05) is 32.7 Å². The van der Waals surface area contributed by atoms with Crippen LogP contribution in [0.5, 0.6) is 11.5 Å². The van der Waals surface area contributed by atoms with Gasteiger partial charge >= 0.3 is 0 Å². The molecule has 6 heteroatoms. The number of β-amino-alcohol motifs (C(OH)–C–C–N with tert-alkyl or cyclic N) is 1. The predicted molar refractivity (Wildman–Crippen MR) is 89.1 cm³/mol. The fraction of sp³-hybridized carbons (Fsp3) is 0.647. The van der Waals surface area contributed by atoms with Crippen LogP contribution in [0.3, 0.4) is 0 Å². The minimum atomic E-state index is -0.460. The number of benzene rings is 1. The molecule has 1 N–H and O–H groups in total. The average molecular weight is 324 g/mol. The summed E-state index contributed by atoms with van der Waals surface area (Å²) < 4.78 is 16.1. The maximum absolute atomic E-state index is 10.1. The summed E-state index contributed by atoms with van der Waals surface area (Å²) in [7, 11) is 5.35. The molecule has 1 heterocycles. The zero-order chi connectivity index (χ0) is 16.7. The van der Waals surface area contributed by atoms with Gasteiger partial charge in [0.15, 0.2) is 11.5 Å². The maximum Gasteiger partial charge on any atom is 0.161 e. The molecular formula is C17H28N2O4. The molecule has 1 aromatic carbocycles. The molecule has 23 heavy (non-hydrogen) atoms. The van der Waals surface area contributed by atoms with E-state index >= 15 is 0 Å². The van der Waals surface area contributed by atoms with Gasteiger partial charge in [-0.3, -0.25) is 4.90 Å². The Kier molecular flexibility index (Phi) is 7.11. The van der Waals surface area contributed by atoms with E-state index in [9.17, 15) is 5.11 Å². The number of rotatable bonds is 8. The second-order valence-corrected chi connectivity index (χ2v) is 5.96. The minimum Gasteiger partial charge on any atom is -0.493 e. The lowest BCUT2D eigenvalue weighted by molar-refractivity contribution is 0.00292. The van der Waals surface area contributed by atoms with Crippen LogP contribution in [0.4, 0.5) is 0 Å².